The van der Waals surface area contributed by atoms with E-state index in [1.807, 2.05) is 19.9 Å². The summed E-state index contributed by atoms with van der Waals surface area (Å²) in [5, 5.41) is 19.3. The molecule has 1 amide bonds. The number of anilines is 1. The van der Waals surface area contributed by atoms with Crippen molar-refractivity contribution >= 4 is 23.1 Å². The summed E-state index contributed by atoms with van der Waals surface area (Å²) >= 11 is 1.06. The number of amides is 1. The highest BCUT2D eigenvalue weighted by Gasteiger charge is 2.13. The third kappa shape index (κ3) is 4.11. The van der Waals surface area contributed by atoms with Gasteiger partial charge in [-0.25, -0.2) is 4.68 Å². The van der Waals surface area contributed by atoms with Crippen LogP contribution in [0.3, 0.4) is 0 Å². The van der Waals surface area contributed by atoms with Crippen LogP contribution in [-0.2, 0) is 0 Å². The second-order valence-electron chi connectivity index (χ2n) is 6.34. The topological polar surface area (TPSA) is 108 Å². The van der Waals surface area contributed by atoms with Crippen LogP contribution >= 0.6 is 11.5 Å². The van der Waals surface area contributed by atoms with Gasteiger partial charge >= 0.3 is 0 Å². The number of aryl methyl sites for hydroxylation is 3. The van der Waals surface area contributed by atoms with E-state index >= 15 is 0 Å². The Bertz CT molecular complexity index is 1150. The zero-order chi connectivity index (χ0) is 20.4. The van der Waals surface area contributed by atoms with E-state index in [1.54, 1.807) is 48.0 Å². The fourth-order valence-electron chi connectivity index (χ4n) is 2.70. The third-order valence-electron chi connectivity index (χ3n) is 4.04. The fraction of sp³-hybridized carbons (Fsp3) is 0.158. The fourth-order valence-corrected chi connectivity index (χ4v) is 3.25. The summed E-state index contributed by atoms with van der Waals surface area (Å²) in [7, 11) is 0. The van der Waals surface area contributed by atoms with E-state index in [0.717, 1.165) is 22.9 Å². The number of nitrogens with zero attached hydrogens (tertiary/aromatic N) is 6. The van der Waals surface area contributed by atoms with E-state index in [-0.39, 0.29) is 5.91 Å². The number of carbonyl (C=O) groups is 1. The normalized spacial score (nSPS) is 10.7. The van der Waals surface area contributed by atoms with Crippen molar-refractivity contribution in [3.05, 3.63) is 64.4 Å². The van der Waals surface area contributed by atoms with Crippen LogP contribution in [0.4, 0.5) is 5.69 Å². The Morgan fingerprint density at radius 1 is 1.03 bits per heavy atom. The monoisotopic (exact) mass is 407 g/mol. The summed E-state index contributed by atoms with van der Waals surface area (Å²) in [4.78, 5) is 12.7. The van der Waals surface area contributed by atoms with Crippen LogP contribution in [-0.4, -0.2) is 35.5 Å². The van der Waals surface area contributed by atoms with Gasteiger partial charge in [-0.05, 0) is 68.7 Å². The highest BCUT2D eigenvalue weighted by molar-refractivity contribution is 7.08. The van der Waals surface area contributed by atoms with Crippen molar-refractivity contribution in [2.45, 2.75) is 20.8 Å². The lowest BCUT2D eigenvalue weighted by Crippen LogP contribution is -2.11. The third-order valence-corrected chi connectivity index (χ3v) is 4.87. The number of carbonyl (C=O) groups excluding carboxylic acids is 1. The second-order valence-corrected chi connectivity index (χ2v) is 7.09. The first-order valence-electron chi connectivity index (χ1n) is 8.75. The quantitative estimate of drug-likeness (QED) is 0.539. The van der Waals surface area contributed by atoms with Crippen molar-refractivity contribution < 1.29 is 9.53 Å². The summed E-state index contributed by atoms with van der Waals surface area (Å²) in [5.41, 5.74) is 3.14. The van der Waals surface area contributed by atoms with Crippen LogP contribution in [0.15, 0.2) is 42.5 Å². The van der Waals surface area contributed by atoms with E-state index < -0.39 is 0 Å². The minimum atomic E-state index is -0.239. The Morgan fingerprint density at radius 2 is 1.83 bits per heavy atom. The first-order chi connectivity index (χ1) is 14.0. The molecule has 1 N–H and O–H groups in total. The second kappa shape index (κ2) is 7.76. The van der Waals surface area contributed by atoms with Crippen molar-refractivity contribution in [3.8, 4) is 17.4 Å². The molecule has 4 rings (SSSR count). The maximum atomic E-state index is 12.2. The van der Waals surface area contributed by atoms with Gasteiger partial charge in [0.1, 0.15) is 10.6 Å². The number of hydrogen-bond acceptors (Lipinski definition) is 8. The molecule has 0 spiro atoms. The van der Waals surface area contributed by atoms with Crippen LogP contribution in [0.5, 0.6) is 11.6 Å². The molecule has 9 nitrogen and oxygen atoms in total. The largest absolute Gasteiger partial charge is 0.438 e. The van der Waals surface area contributed by atoms with Crippen molar-refractivity contribution in [2.24, 2.45) is 0 Å². The Morgan fingerprint density at radius 3 is 2.41 bits per heavy atom. The van der Waals surface area contributed by atoms with Gasteiger partial charge in [0.2, 0.25) is 5.88 Å². The molecular formula is C19H17N7O2S. The van der Waals surface area contributed by atoms with E-state index in [9.17, 15) is 4.79 Å². The molecule has 10 heteroatoms. The first kappa shape index (κ1) is 18.7. The molecule has 0 unspecified atom stereocenters. The molecule has 0 saturated carbocycles. The molecule has 0 atom stereocenters. The number of benzene rings is 1. The number of hydrogen-bond donors (Lipinski definition) is 1. The summed E-state index contributed by atoms with van der Waals surface area (Å²) < 4.78 is 11.2. The molecule has 3 aromatic heterocycles. The predicted octanol–water partition coefficient (Wildman–Crippen LogP) is 3.48. The molecule has 0 aliphatic heterocycles. The van der Waals surface area contributed by atoms with Crippen molar-refractivity contribution in [3.63, 3.8) is 0 Å². The summed E-state index contributed by atoms with van der Waals surface area (Å²) in [6, 6.07) is 12.5. The standard InChI is InChI=1S/C19H17N7O2S/c1-11-10-12(2)26(24-11)16-8-9-17(23-22-16)28-15-6-4-14(5-7-15)20-19(27)18-13(3)21-25-29-18/h4-10H,1-3H3,(H,20,27). The first-order valence-corrected chi connectivity index (χ1v) is 9.52. The molecular weight excluding hydrogens is 390 g/mol. The summed E-state index contributed by atoms with van der Waals surface area (Å²) in [5.74, 6) is 1.32. The van der Waals surface area contributed by atoms with Gasteiger partial charge in [-0.3, -0.25) is 4.79 Å². The number of aromatic nitrogens is 6. The lowest BCUT2D eigenvalue weighted by atomic mass is 10.3. The van der Waals surface area contributed by atoms with Crippen LogP contribution < -0.4 is 10.1 Å². The van der Waals surface area contributed by atoms with E-state index in [4.69, 9.17) is 4.74 Å². The number of nitrogens with one attached hydrogen (secondary N) is 1. The highest BCUT2D eigenvalue weighted by atomic mass is 32.1. The van der Waals surface area contributed by atoms with Gasteiger partial charge in [0.05, 0.1) is 11.4 Å². The van der Waals surface area contributed by atoms with E-state index in [1.165, 1.54) is 0 Å². The zero-order valence-corrected chi connectivity index (χ0v) is 16.8. The van der Waals surface area contributed by atoms with E-state index in [0.29, 0.717) is 33.7 Å². The molecule has 146 valence electrons. The molecule has 3 heterocycles. The number of rotatable bonds is 5. The lowest BCUT2D eigenvalue weighted by molar-refractivity contribution is 0.103. The Balaban J connectivity index is 1.41. The highest BCUT2D eigenvalue weighted by Crippen LogP contribution is 2.22. The molecule has 0 bridgehead atoms. The molecule has 29 heavy (non-hydrogen) atoms. The van der Waals surface area contributed by atoms with Gasteiger partial charge in [0.15, 0.2) is 5.82 Å². The molecule has 0 aliphatic rings. The maximum Gasteiger partial charge on any atom is 0.269 e. The van der Waals surface area contributed by atoms with Crippen LogP contribution in [0.25, 0.3) is 5.82 Å². The van der Waals surface area contributed by atoms with Crippen LogP contribution in [0.1, 0.15) is 26.8 Å². The van der Waals surface area contributed by atoms with Crippen LogP contribution in [0, 0.1) is 20.8 Å². The maximum absolute atomic E-state index is 12.2. The Labute approximate surface area is 170 Å². The molecule has 1 aromatic carbocycles. The molecule has 0 aliphatic carbocycles. The molecule has 0 fully saturated rings. The van der Waals surface area contributed by atoms with Gasteiger partial charge in [0.25, 0.3) is 5.91 Å². The zero-order valence-electron chi connectivity index (χ0n) is 15.9. The van der Waals surface area contributed by atoms with Crippen molar-refractivity contribution in [1.29, 1.82) is 0 Å². The SMILES string of the molecule is Cc1cc(C)n(-c2ccc(Oc3ccc(NC(=O)c4snnc4C)cc3)nn2)n1. The van der Waals surface area contributed by atoms with Gasteiger partial charge in [-0.1, -0.05) is 4.49 Å². The predicted molar refractivity (Wildman–Crippen MR) is 108 cm³/mol. The summed E-state index contributed by atoms with van der Waals surface area (Å²) in [6.45, 7) is 5.63. The number of ether oxygens (including phenoxy) is 1. The van der Waals surface area contributed by atoms with Crippen LogP contribution in [0.2, 0.25) is 0 Å². The minimum absolute atomic E-state index is 0.239. The molecule has 0 radical (unpaired) electrons. The van der Waals surface area contributed by atoms with Crippen molar-refractivity contribution in [2.75, 3.05) is 5.32 Å². The van der Waals surface area contributed by atoms with Gasteiger partial charge < -0.3 is 10.1 Å². The lowest BCUT2D eigenvalue weighted by Gasteiger charge is -2.07. The Kier molecular flexibility index (Phi) is 5.00. The average molecular weight is 407 g/mol. The Hall–Kier alpha value is -3.66. The van der Waals surface area contributed by atoms with Gasteiger partial charge in [0, 0.05) is 17.4 Å². The average Bonchev–Trinajstić information content (AvgIpc) is 3.28. The van der Waals surface area contributed by atoms with E-state index in [2.05, 4.69) is 30.2 Å². The molecule has 4 aromatic rings. The minimum Gasteiger partial charge on any atom is -0.438 e. The molecule has 0 saturated heterocycles. The van der Waals surface area contributed by atoms with Crippen molar-refractivity contribution in [1.82, 2.24) is 29.6 Å². The van der Waals surface area contributed by atoms with Gasteiger partial charge in [-0.2, -0.15) is 5.10 Å². The summed E-state index contributed by atoms with van der Waals surface area (Å²) in [6.07, 6.45) is 0. The van der Waals surface area contributed by atoms with Gasteiger partial charge in [-0.15, -0.1) is 15.3 Å². The smallest absolute Gasteiger partial charge is 0.269 e.